The highest BCUT2D eigenvalue weighted by atomic mass is 19.4. The highest BCUT2D eigenvalue weighted by Crippen LogP contribution is 2.34. The van der Waals surface area contributed by atoms with Crippen LogP contribution < -0.4 is 10.1 Å². The molecular formula is C24H21F3N2O4. The zero-order chi connectivity index (χ0) is 24.2. The molecule has 0 saturated heterocycles. The van der Waals surface area contributed by atoms with Crippen molar-refractivity contribution in [3.8, 4) is 17.0 Å². The largest absolute Gasteiger partial charge is 0.494 e. The topological polar surface area (TPSA) is 88.5 Å². The van der Waals surface area contributed by atoms with Crippen LogP contribution in [0.1, 0.15) is 39.6 Å². The highest BCUT2D eigenvalue weighted by molar-refractivity contribution is 5.93. The van der Waals surface area contributed by atoms with Crippen molar-refractivity contribution in [2.24, 2.45) is 0 Å². The van der Waals surface area contributed by atoms with E-state index in [2.05, 4.69) is 10.3 Å². The van der Waals surface area contributed by atoms with E-state index in [1.807, 2.05) is 0 Å². The van der Waals surface area contributed by atoms with Gasteiger partial charge in [-0.05, 0) is 42.3 Å². The fraction of sp³-hybridized carbons (Fsp3) is 0.208. The number of carboxylic acid groups (broad SMARTS) is 1. The van der Waals surface area contributed by atoms with Gasteiger partial charge in [0.1, 0.15) is 17.1 Å². The summed E-state index contributed by atoms with van der Waals surface area (Å²) in [5, 5.41) is 12.0. The van der Waals surface area contributed by atoms with Crippen LogP contribution in [0.15, 0.2) is 60.7 Å². The van der Waals surface area contributed by atoms with E-state index in [9.17, 15) is 27.9 Å². The Balaban J connectivity index is 1.97. The van der Waals surface area contributed by atoms with Gasteiger partial charge >= 0.3 is 12.1 Å². The van der Waals surface area contributed by atoms with Crippen molar-refractivity contribution in [3.63, 3.8) is 0 Å². The maximum absolute atomic E-state index is 13.2. The summed E-state index contributed by atoms with van der Waals surface area (Å²) in [7, 11) is 1.34. The van der Waals surface area contributed by atoms with Crippen LogP contribution in [0.2, 0.25) is 0 Å². The summed E-state index contributed by atoms with van der Waals surface area (Å²) in [6.07, 6.45) is -4.90. The van der Waals surface area contributed by atoms with Gasteiger partial charge in [0.05, 0.1) is 25.1 Å². The Hall–Kier alpha value is -3.88. The van der Waals surface area contributed by atoms with Crippen LogP contribution in [-0.2, 0) is 11.0 Å². The van der Waals surface area contributed by atoms with Crippen molar-refractivity contribution in [2.45, 2.75) is 25.6 Å². The quantitative estimate of drug-likeness (QED) is 0.519. The summed E-state index contributed by atoms with van der Waals surface area (Å²) in [4.78, 5) is 28.5. The predicted molar refractivity (Wildman–Crippen MR) is 115 cm³/mol. The number of carbonyl (C=O) groups excluding carboxylic acids is 1. The van der Waals surface area contributed by atoms with Crippen LogP contribution >= 0.6 is 0 Å². The van der Waals surface area contributed by atoms with E-state index in [1.54, 1.807) is 31.2 Å². The lowest BCUT2D eigenvalue weighted by atomic mass is 9.98. The standard InChI is InChI=1S/C24H21F3N2O4/c1-14-6-3-4-9-17(14)19(13-21(30)31)29-23(32)18-10-11-20(33-2)22(28-18)15-7-5-8-16(12-15)24(25,26)27/h3-12,19H,13H2,1-2H3,(H,29,32)(H,30,31)/t19-/m0/s1. The number of amides is 1. The van der Waals surface area contributed by atoms with E-state index < -0.39 is 29.7 Å². The van der Waals surface area contributed by atoms with Crippen LogP contribution in [0.25, 0.3) is 11.3 Å². The Bertz CT molecular complexity index is 1180. The van der Waals surface area contributed by atoms with Crippen LogP contribution in [0.3, 0.4) is 0 Å². The van der Waals surface area contributed by atoms with Crippen molar-refractivity contribution in [2.75, 3.05) is 7.11 Å². The van der Waals surface area contributed by atoms with Gasteiger partial charge < -0.3 is 15.2 Å². The zero-order valence-corrected chi connectivity index (χ0v) is 17.8. The van der Waals surface area contributed by atoms with Crippen molar-refractivity contribution in [1.29, 1.82) is 0 Å². The molecule has 6 nitrogen and oxygen atoms in total. The third-order valence-electron chi connectivity index (χ3n) is 5.02. The number of methoxy groups -OCH3 is 1. The number of carbonyl (C=O) groups is 2. The molecular weight excluding hydrogens is 437 g/mol. The normalized spacial score (nSPS) is 12.2. The van der Waals surface area contributed by atoms with Gasteiger partial charge in [-0.1, -0.05) is 36.4 Å². The molecule has 1 amide bonds. The minimum atomic E-state index is -4.55. The number of aryl methyl sites for hydroxylation is 1. The third kappa shape index (κ3) is 5.68. The number of nitrogens with zero attached hydrogens (tertiary/aromatic N) is 1. The van der Waals surface area contributed by atoms with E-state index in [0.717, 1.165) is 17.7 Å². The third-order valence-corrected chi connectivity index (χ3v) is 5.02. The van der Waals surface area contributed by atoms with Crippen LogP contribution in [0.4, 0.5) is 13.2 Å². The molecule has 0 aliphatic rings. The summed E-state index contributed by atoms with van der Waals surface area (Å²) in [5.41, 5.74) is 0.669. The molecule has 0 radical (unpaired) electrons. The number of hydrogen-bond acceptors (Lipinski definition) is 4. The maximum Gasteiger partial charge on any atom is 0.416 e. The number of benzene rings is 2. The molecule has 3 rings (SSSR count). The second kappa shape index (κ2) is 9.72. The van der Waals surface area contributed by atoms with Crippen molar-refractivity contribution in [1.82, 2.24) is 10.3 Å². The Morgan fingerprint density at radius 1 is 1.09 bits per heavy atom. The van der Waals surface area contributed by atoms with Gasteiger partial charge in [-0.25, -0.2) is 4.98 Å². The van der Waals surface area contributed by atoms with Crippen molar-refractivity contribution < 1.29 is 32.6 Å². The molecule has 0 aliphatic carbocycles. The summed E-state index contributed by atoms with van der Waals surface area (Å²) in [5.74, 6) is -1.58. The number of hydrogen-bond donors (Lipinski definition) is 2. The van der Waals surface area contributed by atoms with Gasteiger partial charge in [0.2, 0.25) is 0 Å². The van der Waals surface area contributed by atoms with Gasteiger partial charge in [-0.2, -0.15) is 13.2 Å². The minimum absolute atomic E-state index is 0.0573. The minimum Gasteiger partial charge on any atom is -0.494 e. The first-order valence-corrected chi connectivity index (χ1v) is 9.91. The van der Waals surface area contributed by atoms with Crippen molar-refractivity contribution in [3.05, 3.63) is 83.0 Å². The Morgan fingerprint density at radius 3 is 2.45 bits per heavy atom. The van der Waals surface area contributed by atoms with Gasteiger partial charge in [-0.3, -0.25) is 9.59 Å². The number of halogens is 3. The van der Waals surface area contributed by atoms with E-state index in [1.165, 1.54) is 31.4 Å². The average Bonchev–Trinajstić information content (AvgIpc) is 2.77. The Morgan fingerprint density at radius 2 is 1.82 bits per heavy atom. The van der Waals surface area contributed by atoms with E-state index in [-0.39, 0.29) is 29.1 Å². The van der Waals surface area contributed by atoms with Crippen LogP contribution in [0.5, 0.6) is 5.75 Å². The molecule has 3 aromatic rings. The fourth-order valence-electron chi connectivity index (χ4n) is 3.41. The second-order valence-electron chi connectivity index (χ2n) is 7.31. The van der Waals surface area contributed by atoms with E-state index >= 15 is 0 Å². The molecule has 0 aliphatic heterocycles. The van der Waals surface area contributed by atoms with E-state index in [0.29, 0.717) is 5.56 Å². The van der Waals surface area contributed by atoms with Gasteiger partial charge in [0.15, 0.2) is 0 Å². The zero-order valence-electron chi connectivity index (χ0n) is 17.8. The number of nitrogens with one attached hydrogen (secondary N) is 1. The molecule has 1 heterocycles. The van der Waals surface area contributed by atoms with Crippen LogP contribution in [-0.4, -0.2) is 29.1 Å². The number of rotatable bonds is 7. The molecule has 33 heavy (non-hydrogen) atoms. The van der Waals surface area contributed by atoms with Gasteiger partial charge in [0, 0.05) is 5.56 Å². The summed E-state index contributed by atoms with van der Waals surface area (Å²) in [6.45, 7) is 1.80. The Labute approximate surface area is 188 Å². The van der Waals surface area contributed by atoms with E-state index in [4.69, 9.17) is 4.74 Å². The number of pyridine rings is 1. The second-order valence-corrected chi connectivity index (χ2v) is 7.31. The number of alkyl halides is 3. The molecule has 0 bridgehead atoms. The van der Waals surface area contributed by atoms with Crippen LogP contribution in [0, 0.1) is 6.92 Å². The number of aliphatic carboxylic acids is 1. The molecule has 0 fully saturated rings. The smallest absolute Gasteiger partial charge is 0.416 e. The number of carboxylic acids is 1. The monoisotopic (exact) mass is 458 g/mol. The van der Waals surface area contributed by atoms with Gasteiger partial charge in [-0.15, -0.1) is 0 Å². The maximum atomic E-state index is 13.2. The summed E-state index contributed by atoms with van der Waals surface area (Å²) < 4.78 is 44.7. The predicted octanol–water partition coefficient (Wildman–Crippen LogP) is 5.03. The molecule has 1 atom stereocenters. The lowest BCUT2D eigenvalue weighted by Crippen LogP contribution is -2.31. The molecule has 9 heteroatoms. The molecule has 0 spiro atoms. The summed E-state index contributed by atoms with van der Waals surface area (Å²) >= 11 is 0. The number of ether oxygens (including phenoxy) is 1. The lowest BCUT2D eigenvalue weighted by Gasteiger charge is -2.19. The Kier molecular flexibility index (Phi) is 7.01. The summed E-state index contributed by atoms with van der Waals surface area (Å²) in [6, 6.07) is 13.6. The van der Waals surface area contributed by atoms with Gasteiger partial charge in [0.25, 0.3) is 5.91 Å². The molecule has 0 saturated carbocycles. The first-order chi connectivity index (χ1) is 15.6. The number of aromatic nitrogens is 1. The molecule has 2 N–H and O–H groups in total. The highest BCUT2D eigenvalue weighted by Gasteiger charge is 2.31. The SMILES string of the molecule is COc1ccc(C(=O)N[C@@H](CC(=O)O)c2ccccc2C)nc1-c1cccc(C(F)(F)F)c1. The molecule has 172 valence electrons. The molecule has 2 aromatic carbocycles. The molecule has 1 aromatic heterocycles. The first-order valence-electron chi connectivity index (χ1n) is 9.91. The lowest BCUT2D eigenvalue weighted by molar-refractivity contribution is -0.138. The fourth-order valence-corrected chi connectivity index (χ4v) is 3.41. The first kappa shape index (κ1) is 23.8. The molecule has 0 unspecified atom stereocenters. The van der Waals surface area contributed by atoms with Crippen molar-refractivity contribution >= 4 is 11.9 Å². The average molecular weight is 458 g/mol.